The minimum absolute atomic E-state index is 0.139. The maximum atomic E-state index is 10.5. The van der Waals surface area contributed by atoms with Crippen molar-refractivity contribution in [3.63, 3.8) is 0 Å². The van der Waals surface area contributed by atoms with Crippen LogP contribution in [0.2, 0.25) is 0 Å². The highest BCUT2D eigenvalue weighted by Crippen LogP contribution is 2.20. The van der Waals surface area contributed by atoms with Crippen LogP contribution in [-0.4, -0.2) is 40.1 Å². The van der Waals surface area contributed by atoms with Gasteiger partial charge < -0.3 is 9.47 Å². The highest BCUT2D eigenvalue weighted by molar-refractivity contribution is 8.13. The molecule has 0 amide bonds. The molecule has 0 radical (unpaired) electrons. The molecule has 0 unspecified atom stereocenters. The van der Waals surface area contributed by atoms with Crippen molar-refractivity contribution in [2.75, 3.05) is 25.6 Å². The summed E-state index contributed by atoms with van der Waals surface area (Å²) in [6, 6.07) is 0. The smallest absolute Gasteiger partial charge is 0.234 e. The number of rotatable bonds is 7. The summed E-state index contributed by atoms with van der Waals surface area (Å²) in [4.78, 5) is 0. The Morgan fingerprint density at radius 1 is 1.13 bits per heavy atom. The standard InChI is InChI=1S/C9H17ClO4S/c10-15(11,12)8-7-13-5-6-14-9-3-1-2-4-9/h9H,1-8H2. The number of halogens is 1. The van der Waals surface area contributed by atoms with E-state index in [1.54, 1.807) is 0 Å². The lowest BCUT2D eigenvalue weighted by molar-refractivity contribution is 0.0113. The third-order valence-corrected chi connectivity index (χ3v) is 3.47. The summed E-state index contributed by atoms with van der Waals surface area (Å²) in [7, 11) is 1.59. The first kappa shape index (κ1) is 13.2. The third-order valence-electron chi connectivity index (χ3n) is 2.35. The second-order valence-corrected chi connectivity index (χ2v) is 6.53. The summed E-state index contributed by atoms with van der Waals surface area (Å²) >= 11 is 0. The molecule has 0 bridgehead atoms. The van der Waals surface area contributed by atoms with Crippen LogP contribution in [0.4, 0.5) is 0 Å². The van der Waals surface area contributed by atoms with Gasteiger partial charge in [0, 0.05) is 10.7 Å². The molecule has 0 spiro atoms. The second kappa shape index (κ2) is 6.68. The van der Waals surface area contributed by atoms with E-state index in [0.29, 0.717) is 19.3 Å². The zero-order valence-electron chi connectivity index (χ0n) is 8.65. The van der Waals surface area contributed by atoms with E-state index in [-0.39, 0.29) is 12.4 Å². The van der Waals surface area contributed by atoms with Gasteiger partial charge in [-0.3, -0.25) is 0 Å². The maximum Gasteiger partial charge on any atom is 0.234 e. The Morgan fingerprint density at radius 2 is 1.80 bits per heavy atom. The van der Waals surface area contributed by atoms with E-state index >= 15 is 0 Å². The van der Waals surface area contributed by atoms with E-state index in [4.69, 9.17) is 20.2 Å². The minimum Gasteiger partial charge on any atom is -0.378 e. The minimum atomic E-state index is -3.42. The van der Waals surface area contributed by atoms with Gasteiger partial charge in [-0.15, -0.1) is 0 Å². The van der Waals surface area contributed by atoms with Crippen molar-refractivity contribution in [2.24, 2.45) is 0 Å². The van der Waals surface area contributed by atoms with Gasteiger partial charge >= 0.3 is 0 Å². The molecule has 1 rings (SSSR count). The zero-order chi connectivity index (χ0) is 11.1. The first-order valence-corrected chi connectivity index (χ1v) is 7.67. The molecule has 0 aromatic rings. The van der Waals surface area contributed by atoms with Crippen LogP contribution in [0.5, 0.6) is 0 Å². The quantitative estimate of drug-likeness (QED) is 0.512. The summed E-state index contributed by atoms with van der Waals surface area (Å²) in [5.74, 6) is -0.141. The average Bonchev–Trinajstić information content (AvgIpc) is 2.61. The molecule has 0 atom stereocenters. The topological polar surface area (TPSA) is 52.6 Å². The summed E-state index contributed by atoms with van der Waals surface area (Å²) in [6.07, 6.45) is 5.14. The van der Waals surface area contributed by atoms with E-state index in [2.05, 4.69) is 0 Å². The largest absolute Gasteiger partial charge is 0.378 e. The normalized spacial score (nSPS) is 18.5. The Bertz CT molecular complexity index is 259. The van der Waals surface area contributed by atoms with Gasteiger partial charge in [-0.05, 0) is 12.8 Å². The molecular weight excluding hydrogens is 240 g/mol. The first-order chi connectivity index (χ1) is 7.08. The molecule has 0 saturated heterocycles. The lowest BCUT2D eigenvalue weighted by Crippen LogP contribution is -2.14. The monoisotopic (exact) mass is 256 g/mol. The van der Waals surface area contributed by atoms with Crippen molar-refractivity contribution >= 4 is 19.7 Å². The van der Waals surface area contributed by atoms with Crippen molar-refractivity contribution in [3.8, 4) is 0 Å². The van der Waals surface area contributed by atoms with Gasteiger partial charge in [-0.2, -0.15) is 0 Å². The van der Waals surface area contributed by atoms with E-state index in [9.17, 15) is 8.42 Å². The molecule has 0 aromatic carbocycles. The first-order valence-electron chi connectivity index (χ1n) is 5.19. The molecule has 6 heteroatoms. The Labute approximate surface area is 95.3 Å². The van der Waals surface area contributed by atoms with Crippen molar-refractivity contribution in [1.29, 1.82) is 0 Å². The van der Waals surface area contributed by atoms with Gasteiger partial charge in [0.15, 0.2) is 0 Å². The van der Waals surface area contributed by atoms with Crippen LogP contribution >= 0.6 is 10.7 Å². The third kappa shape index (κ3) is 7.11. The fourth-order valence-corrected chi connectivity index (χ4v) is 2.10. The fourth-order valence-electron chi connectivity index (χ4n) is 1.59. The van der Waals surface area contributed by atoms with Gasteiger partial charge in [0.05, 0.1) is 31.7 Å². The predicted octanol–water partition coefficient (Wildman–Crippen LogP) is 1.53. The highest BCUT2D eigenvalue weighted by Gasteiger charge is 2.14. The Morgan fingerprint density at radius 3 is 2.40 bits per heavy atom. The summed E-state index contributed by atoms with van der Waals surface area (Å²) in [5.41, 5.74) is 0. The predicted molar refractivity (Wildman–Crippen MR) is 58.7 cm³/mol. The van der Waals surface area contributed by atoms with Gasteiger partial charge in [0.2, 0.25) is 9.05 Å². The Kier molecular flexibility index (Phi) is 5.89. The molecule has 0 aliphatic heterocycles. The number of ether oxygens (including phenoxy) is 2. The number of hydrogen-bond donors (Lipinski definition) is 0. The maximum absolute atomic E-state index is 10.5. The fraction of sp³-hybridized carbons (Fsp3) is 1.00. The molecule has 0 N–H and O–H groups in total. The van der Waals surface area contributed by atoms with Gasteiger partial charge in [-0.1, -0.05) is 12.8 Å². The SMILES string of the molecule is O=S(=O)(Cl)CCOCCOC1CCCC1. The van der Waals surface area contributed by atoms with Gasteiger partial charge in [0.25, 0.3) is 0 Å². The highest BCUT2D eigenvalue weighted by atomic mass is 35.7. The summed E-state index contributed by atoms with van der Waals surface area (Å²) < 4.78 is 31.7. The van der Waals surface area contributed by atoms with E-state index in [1.165, 1.54) is 12.8 Å². The van der Waals surface area contributed by atoms with Gasteiger partial charge in [-0.25, -0.2) is 8.42 Å². The van der Waals surface area contributed by atoms with E-state index in [1.807, 2.05) is 0 Å². The van der Waals surface area contributed by atoms with E-state index < -0.39 is 9.05 Å². The zero-order valence-corrected chi connectivity index (χ0v) is 10.2. The van der Waals surface area contributed by atoms with Crippen LogP contribution in [0, 0.1) is 0 Å². The lowest BCUT2D eigenvalue weighted by Gasteiger charge is -2.10. The number of hydrogen-bond acceptors (Lipinski definition) is 4. The summed E-state index contributed by atoms with van der Waals surface area (Å²) in [6.45, 7) is 1.11. The molecule has 1 saturated carbocycles. The van der Waals surface area contributed by atoms with Crippen LogP contribution in [0.25, 0.3) is 0 Å². The second-order valence-electron chi connectivity index (χ2n) is 3.63. The molecular formula is C9H17ClO4S. The van der Waals surface area contributed by atoms with Crippen LogP contribution in [0.1, 0.15) is 25.7 Å². The van der Waals surface area contributed by atoms with Crippen LogP contribution in [-0.2, 0) is 18.5 Å². The van der Waals surface area contributed by atoms with Crippen molar-refractivity contribution in [2.45, 2.75) is 31.8 Å². The van der Waals surface area contributed by atoms with Crippen molar-refractivity contribution in [3.05, 3.63) is 0 Å². The van der Waals surface area contributed by atoms with Crippen LogP contribution in [0.15, 0.2) is 0 Å². The van der Waals surface area contributed by atoms with Crippen LogP contribution in [0.3, 0.4) is 0 Å². The van der Waals surface area contributed by atoms with Gasteiger partial charge in [0.1, 0.15) is 0 Å². The molecule has 90 valence electrons. The molecule has 1 aliphatic carbocycles. The molecule has 1 fully saturated rings. The van der Waals surface area contributed by atoms with Crippen molar-refractivity contribution < 1.29 is 17.9 Å². The van der Waals surface area contributed by atoms with E-state index in [0.717, 1.165) is 12.8 Å². The molecule has 0 heterocycles. The molecule has 15 heavy (non-hydrogen) atoms. The summed E-state index contributed by atoms with van der Waals surface area (Å²) in [5, 5.41) is 0. The Balaban J connectivity index is 1.89. The van der Waals surface area contributed by atoms with Crippen molar-refractivity contribution in [1.82, 2.24) is 0 Å². The Hall–Kier alpha value is 0.160. The lowest BCUT2D eigenvalue weighted by atomic mass is 10.3. The van der Waals surface area contributed by atoms with Crippen LogP contribution < -0.4 is 0 Å². The molecule has 1 aliphatic rings. The average molecular weight is 257 g/mol. The molecule has 0 aromatic heterocycles. The molecule has 4 nitrogen and oxygen atoms in total.